The van der Waals surface area contributed by atoms with E-state index in [4.69, 9.17) is 5.73 Å². The van der Waals surface area contributed by atoms with Gasteiger partial charge in [0.1, 0.15) is 5.82 Å². The fraction of sp³-hybridized carbons (Fsp3) is 0.167. The molecule has 0 aliphatic heterocycles. The monoisotopic (exact) mass is 271 g/mol. The SMILES string of the molecule is NCc1cc(F)cc(-c2ccc(C(F)(F)F)nn2)c1. The molecule has 0 saturated carbocycles. The van der Waals surface area contributed by atoms with Crippen LogP contribution in [-0.2, 0) is 12.7 Å². The van der Waals surface area contributed by atoms with Crippen LogP contribution in [-0.4, -0.2) is 10.2 Å². The van der Waals surface area contributed by atoms with Gasteiger partial charge in [0.25, 0.3) is 0 Å². The molecule has 0 fully saturated rings. The van der Waals surface area contributed by atoms with Crippen LogP contribution in [0, 0.1) is 5.82 Å². The summed E-state index contributed by atoms with van der Waals surface area (Å²) in [5.41, 5.74) is 5.32. The number of rotatable bonds is 2. The second kappa shape index (κ2) is 4.93. The van der Waals surface area contributed by atoms with Crippen LogP contribution in [0.1, 0.15) is 11.3 Å². The van der Waals surface area contributed by atoms with Crippen molar-refractivity contribution in [3.63, 3.8) is 0 Å². The Morgan fingerprint density at radius 1 is 1.05 bits per heavy atom. The summed E-state index contributed by atoms with van der Waals surface area (Å²) in [5, 5.41) is 6.54. The Labute approximate surface area is 106 Å². The van der Waals surface area contributed by atoms with Crippen molar-refractivity contribution < 1.29 is 17.6 Å². The van der Waals surface area contributed by atoms with Crippen molar-refractivity contribution in [2.75, 3.05) is 0 Å². The molecule has 3 nitrogen and oxygen atoms in total. The Balaban J connectivity index is 2.40. The van der Waals surface area contributed by atoms with E-state index in [1.165, 1.54) is 6.07 Å². The number of benzene rings is 1. The maximum Gasteiger partial charge on any atom is 0.435 e. The minimum atomic E-state index is -4.55. The topological polar surface area (TPSA) is 51.8 Å². The molecule has 0 spiro atoms. The van der Waals surface area contributed by atoms with Crippen molar-refractivity contribution in [1.82, 2.24) is 10.2 Å². The maximum atomic E-state index is 13.3. The van der Waals surface area contributed by atoms with Crippen molar-refractivity contribution in [3.05, 3.63) is 47.4 Å². The maximum absolute atomic E-state index is 13.3. The van der Waals surface area contributed by atoms with Gasteiger partial charge in [-0.05, 0) is 35.9 Å². The normalized spacial score (nSPS) is 11.6. The van der Waals surface area contributed by atoms with Crippen LogP contribution in [0.3, 0.4) is 0 Å². The number of halogens is 4. The summed E-state index contributed by atoms with van der Waals surface area (Å²) in [7, 11) is 0. The highest BCUT2D eigenvalue weighted by Gasteiger charge is 2.32. The van der Waals surface area contributed by atoms with Crippen LogP contribution < -0.4 is 5.73 Å². The van der Waals surface area contributed by atoms with Crippen molar-refractivity contribution in [1.29, 1.82) is 0 Å². The lowest BCUT2D eigenvalue weighted by Gasteiger charge is -2.06. The highest BCUT2D eigenvalue weighted by molar-refractivity contribution is 5.59. The molecule has 7 heteroatoms. The molecule has 0 aliphatic carbocycles. The third kappa shape index (κ3) is 3.05. The van der Waals surface area contributed by atoms with Crippen LogP contribution in [0.2, 0.25) is 0 Å². The van der Waals surface area contributed by atoms with Crippen molar-refractivity contribution in [3.8, 4) is 11.3 Å². The van der Waals surface area contributed by atoms with E-state index in [0.717, 1.165) is 18.2 Å². The number of alkyl halides is 3. The third-order valence-electron chi connectivity index (χ3n) is 2.44. The molecule has 0 saturated heterocycles. The quantitative estimate of drug-likeness (QED) is 0.854. The highest BCUT2D eigenvalue weighted by atomic mass is 19.4. The lowest BCUT2D eigenvalue weighted by atomic mass is 10.1. The molecule has 0 aliphatic rings. The zero-order valence-electron chi connectivity index (χ0n) is 9.58. The summed E-state index contributed by atoms with van der Waals surface area (Å²) in [6, 6.07) is 5.91. The highest BCUT2D eigenvalue weighted by Crippen LogP contribution is 2.28. The molecule has 1 heterocycles. The summed E-state index contributed by atoms with van der Waals surface area (Å²) >= 11 is 0. The molecule has 2 N–H and O–H groups in total. The second-order valence-electron chi connectivity index (χ2n) is 3.85. The minimum absolute atomic E-state index is 0.124. The van der Waals surface area contributed by atoms with Crippen LogP contribution >= 0.6 is 0 Å². The Morgan fingerprint density at radius 3 is 2.32 bits per heavy atom. The van der Waals surface area contributed by atoms with Gasteiger partial charge in [-0.2, -0.15) is 13.2 Å². The van der Waals surface area contributed by atoms with Gasteiger partial charge in [0, 0.05) is 12.1 Å². The first kappa shape index (κ1) is 13.4. The van der Waals surface area contributed by atoms with E-state index < -0.39 is 17.7 Å². The Bertz CT molecular complexity index is 579. The Kier molecular flexibility index (Phi) is 3.48. The van der Waals surface area contributed by atoms with E-state index in [9.17, 15) is 17.6 Å². The fourth-order valence-corrected chi connectivity index (χ4v) is 1.55. The Morgan fingerprint density at radius 2 is 1.79 bits per heavy atom. The lowest BCUT2D eigenvalue weighted by Crippen LogP contribution is -2.09. The zero-order chi connectivity index (χ0) is 14.0. The van der Waals surface area contributed by atoms with E-state index in [0.29, 0.717) is 11.1 Å². The molecular weight excluding hydrogens is 262 g/mol. The van der Waals surface area contributed by atoms with Gasteiger partial charge in [0.15, 0.2) is 5.69 Å². The summed E-state index contributed by atoms with van der Waals surface area (Å²) in [6.07, 6.45) is -4.55. The number of aromatic nitrogens is 2. The average molecular weight is 271 g/mol. The van der Waals surface area contributed by atoms with Crippen LogP contribution in [0.5, 0.6) is 0 Å². The summed E-state index contributed by atoms with van der Waals surface area (Å²) in [5.74, 6) is -0.528. The first-order valence-corrected chi connectivity index (χ1v) is 5.31. The molecule has 2 aromatic rings. The van der Waals surface area contributed by atoms with Gasteiger partial charge in [0.2, 0.25) is 0 Å². The van der Waals surface area contributed by atoms with Gasteiger partial charge in [-0.1, -0.05) is 0 Å². The molecule has 0 atom stereocenters. The van der Waals surface area contributed by atoms with Gasteiger partial charge in [-0.25, -0.2) is 4.39 Å². The van der Waals surface area contributed by atoms with E-state index >= 15 is 0 Å². The molecule has 2 rings (SSSR count). The smallest absolute Gasteiger partial charge is 0.326 e. The molecule has 0 amide bonds. The molecule has 1 aromatic carbocycles. The molecule has 0 unspecified atom stereocenters. The summed E-state index contributed by atoms with van der Waals surface area (Å²) in [6.45, 7) is 0.124. The average Bonchev–Trinajstić information content (AvgIpc) is 2.37. The first-order chi connectivity index (χ1) is 8.90. The van der Waals surface area contributed by atoms with E-state index in [1.54, 1.807) is 6.07 Å². The molecule has 100 valence electrons. The Hall–Kier alpha value is -2.02. The van der Waals surface area contributed by atoms with Gasteiger partial charge >= 0.3 is 6.18 Å². The van der Waals surface area contributed by atoms with Gasteiger partial charge < -0.3 is 5.73 Å². The summed E-state index contributed by atoms with van der Waals surface area (Å²) < 4.78 is 50.3. The molecule has 0 radical (unpaired) electrons. The molecular formula is C12H9F4N3. The zero-order valence-corrected chi connectivity index (χ0v) is 9.58. The standard InChI is InChI=1S/C12H9F4N3/c13-9-4-7(6-17)3-8(5-9)10-1-2-11(19-18-10)12(14,15)16/h1-5H,6,17H2. The van der Waals surface area contributed by atoms with Crippen LogP contribution in [0.4, 0.5) is 17.6 Å². The first-order valence-electron chi connectivity index (χ1n) is 5.31. The largest absolute Gasteiger partial charge is 0.435 e. The van der Waals surface area contributed by atoms with E-state index in [2.05, 4.69) is 10.2 Å². The second-order valence-corrected chi connectivity index (χ2v) is 3.85. The van der Waals surface area contributed by atoms with Gasteiger partial charge in [-0.3, -0.25) is 0 Å². The number of nitrogens with zero attached hydrogens (tertiary/aromatic N) is 2. The predicted octanol–water partition coefficient (Wildman–Crippen LogP) is 2.76. The number of hydrogen-bond acceptors (Lipinski definition) is 3. The van der Waals surface area contributed by atoms with Gasteiger partial charge in [0.05, 0.1) is 5.69 Å². The molecule has 1 aromatic heterocycles. The van der Waals surface area contributed by atoms with Crippen molar-refractivity contribution >= 4 is 0 Å². The van der Waals surface area contributed by atoms with Crippen LogP contribution in [0.25, 0.3) is 11.3 Å². The minimum Gasteiger partial charge on any atom is -0.326 e. The van der Waals surface area contributed by atoms with Crippen LogP contribution in [0.15, 0.2) is 30.3 Å². The van der Waals surface area contributed by atoms with E-state index in [-0.39, 0.29) is 12.2 Å². The van der Waals surface area contributed by atoms with Crippen molar-refractivity contribution in [2.24, 2.45) is 5.73 Å². The summed E-state index contributed by atoms with van der Waals surface area (Å²) in [4.78, 5) is 0. The number of nitrogens with two attached hydrogens (primary N) is 1. The number of hydrogen-bond donors (Lipinski definition) is 1. The predicted molar refractivity (Wildman–Crippen MR) is 60.3 cm³/mol. The van der Waals surface area contributed by atoms with Crippen molar-refractivity contribution in [2.45, 2.75) is 12.7 Å². The van der Waals surface area contributed by atoms with Gasteiger partial charge in [-0.15, -0.1) is 10.2 Å². The third-order valence-corrected chi connectivity index (χ3v) is 2.44. The molecule has 19 heavy (non-hydrogen) atoms. The lowest BCUT2D eigenvalue weighted by molar-refractivity contribution is -0.141. The fourth-order valence-electron chi connectivity index (χ4n) is 1.55. The van der Waals surface area contributed by atoms with E-state index in [1.807, 2.05) is 0 Å². The molecule has 0 bridgehead atoms.